The number of nitro benzene ring substituents is 1. The van der Waals surface area contributed by atoms with E-state index < -0.39 is 44.2 Å². The average Bonchev–Trinajstić information content (AvgIpc) is 3.02. The molecule has 4 aromatic rings. The first-order chi connectivity index (χ1) is 20.7. The fourth-order valence-corrected chi connectivity index (χ4v) is 4.46. The monoisotopic (exact) mass is 612 g/mol. The molecule has 0 aliphatic rings. The molecular weight excluding hydrogens is 583 g/mol. The minimum Gasteiger partial charge on any atom is -0.497 e. The predicted molar refractivity (Wildman–Crippen MR) is 160 cm³/mol. The van der Waals surface area contributed by atoms with Crippen LogP contribution in [0.1, 0.15) is 35.3 Å². The molecule has 3 aromatic carbocycles. The van der Waals surface area contributed by atoms with Crippen LogP contribution in [-0.2, 0) is 17.8 Å². The minimum atomic E-state index is -1.03. The molecule has 226 valence electrons. The van der Waals surface area contributed by atoms with Crippen LogP contribution in [0.5, 0.6) is 11.5 Å². The van der Waals surface area contributed by atoms with E-state index in [9.17, 15) is 24.1 Å². The lowest BCUT2D eigenvalue weighted by Gasteiger charge is -2.26. The van der Waals surface area contributed by atoms with Crippen LogP contribution in [0.2, 0.25) is 5.02 Å². The highest BCUT2D eigenvalue weighted by Gasteiger charge is 2.29. The van der Waals surface area contributed by atoms with Crippen LogP contribution in [0.4, 0.5) is 15.9 Å². The number of anilines is 1. The second-order valence-corrected chi connectivity index (χ2v) is 9.08. The number of nitro groups is 1. The molecule has 0 bridgehead atoms. The third-order valence-corrected chi connectivity index (χ3v) is 6.44. The van der Waals surface area contributed by atoms with Crippen molar-refractivity contribution in [2.45, 2.75) is 26.9 Å². The Kier molecular flexibility index (Phi) is 11.2. The van der Waals surface area contributed by atoms with Crippen molar-refractivity contribution in [2.75, 3.05) is 26.2 Å². The number of carbonyl (C=O) groups is 1. The van der Waals surface area contributed by atoms with E-state index in [-0.39, 0.29) is 18.9 Å². The summed E-state index contributed by atoms with van der Waals surface area (Å²) in [5.41, 5.74) is -1.10. The Hall–Kier alpha value is -4.97. The Labute approximate surface area is 252 Å². The predicted octanol–water partition coefficient (Wildman–Crippen LogP) is 5.97. The molecule has 4 rings (SSSR count). The van der Waals surface area contributed by atoms with E-state index in [0.29, 0.717) is 17.6 Å². The maximum atomic E-state index is 13.9. The minimum absolute atomic E-state index is 0.0365. The second kappa shape index (κ2) is 14.8. The van der Waals surface area contributed by atoms with Crippen molar-refractivity contribution in [3.8, 4) is 17.2 Å². The number of benzene rings is 3. The molecule has 0 saturated carbocycles. The lowest BCUT2D eigenvalue weighted by molar-refractivity contribution is -0.384. The van der Waals surface area contributed by atoms with Gasteiger partial charge in [0.1, 0.15) is 29.3 Å². The maximum absolute atomic E-state index is 13.9. The number of hydrogen-bond donors (Lipinski definition) is 0. The summed E-state index contributed by atoms with van der Waals surface area (Å²) in [6.45, 7) is 4.40. The summed E-state index contributed by atoms with van der Waals surface area (Å²) in [5.74, 6) is -0.748. The first-order valence-electron chi connectivity index (χ1n) is 13.0. The topological polar surface area (TPSA) is 126 Å². The molecule has 0 spiro atoms. The van der Waals surface area contributed by atoms with Crippen molar-refractivity contribution in [3.63, 3.8) is 0 Å². The molecule has 0 N–H and O–H groups in total. The Morgan fingerprint density at radius 3 is 1.93 bits per heavy atom. The Balaban J connectivity index is 0.00000248. The molecule has 0 aliphatic carbocycles. The molecule has 11 nitrogen and oxygen atoms in total. The summed E-state index contributed by atoms with van der Waals surface area (Å²) in [4.78, 5) is 43.6. The summed E-state index contributed by atoms with van der Waals surface area (Å²) in [6.07, 6.45) is 1.01. The summed E-state index contributed by atoms with van der Waals surface area (Å²) in [5, 5.41) is 11.3. The van der Waals surface area contributed by atoms with Crippen molar-refractivity contribution in [2.24, 2.45) is 0 Å². The smallest absolute Gasteiger partial charge is 0.347 e. The summed E-state index contributed by atoms with van der Waals surface area (Å²) < 4.78 is 30.0. The highest BCUT2D eigenvalue weighted by atomic mass is 35.5. The average molecular weight is 613 g/mol. The van der Waals surface area contributed by atoms with E-state index in [0.717, 1.165) is 35.2 Å². The molecule has 0 aliphatic heterocycles. The molecule has 0 amide bonds. The van der Waals surface area contributed by atoms with Crippen molar-refractivity contribution >= 4 is 29.1 Å². The van der Waals surface area contributed by atoms with Crippen molar-refractivity contribution in [3.05, 3.63) is 115 Å². The van der Waals surface area contributed by atoms with Crippen molar-refractivity contribution in [1.29, 1.82) is 0 Å². The number of halogens is 2. The van der Waals surface area contributed by atoms with Gasteiger partial charge in [-0.15, -0.1) is 0 Å². The molecule has 0 unspecified atom stereocenters. The van der Waals surface area contributed by atoms with Crippen LogP contribution < -0.4 is 19.9 Å². The normalized spacial score (nSPS) is 10.3. The van der Waals surface area contributed by atoms with Gasteiger partial charge in [-0.1, -0.05) is 49.7 Å². The second-order valence-electron chi connectivity index (χ2n) is 8.67. The first-order valence-corrected chi connectivity index (χ1v) is 13.4. The van der Waals surface area contributed by atoms with Gasteiger partial charge in [0.25, 0.3) is 11.2 Å². The third-order valence-electron chi connectivity index (χ3n) is 6.15. The fraction of sp³-hybridized carbons (Fsp3) is 0.233. The number of methoxy groups -OCH3 is 3. The highest BCUT2D eigenvalue weighted by Crippen LogP contribution is 2.32. The first kappa shape index (κ1) is 32.5. The zero-order valence-electron chi connectivity index (χ0n) is 24.2. The molecule has 1 heterocycles. The zero-order valence-corrected chi connectivity index (χ0v) is 24.9. The van der Waals surface area contributed by atoms with Gasteiger partial charge in [0.05, 0.1) is 37.3 Å². The number of carbonyl (C=O) groups excluding carboxylic acids is 1. The number of esters is 1. The SMILES string of the molecule is CC.COC(=O)c1c(N(Cc2ccc(OC)cc2)Cc2ccc(OC)cc2)ncn(-c2c(Cl)cc(F)cc2[N+](=O)[O-])c1=O. The van der Waals surface area contributed by atoms with E-state index in [2.05, 4.69) is 4.98 Å². The van der Waals surface area contributed by atoms with E-state index in [4.69, 9.17) is 25.8 Å². The molecule has 0 fully saturated rings. The van der Waals surface area contributed by atoms with Gasteiger partial charge < -0.3 is 19.1 Å². The maximum Gasteiger partial charge on any atom is 0.347 e. The highest BCUT2D eigenvalue weighted by molar-refractivity contribution is 6.32. The zero-order chi connectivity index (χ0) is 31.7. The van der Waals surface area contributed by atoms with Gasteiger partial charge in [0.15, 0.2) is 11.4 Å². The van der Waals surface area contributed by atoms with Gasteiger partial charge in [0.2, 0.25) is 0 Å². The van der Waals surface area contributed by atoms with Crippen LogP contribution in [-0.4, -0.2) is 41.8 Å². The van der Waals surface area contributed by atoms with Crippen LogP contribution in [0.25, 0.3) is 5.69 Å². The van der Waals surface area contributed by atoms with E-state index in [1.54, 1.807) is 43.4 Å². The van der Waals surface area contributed by atoms with Crippen molar-refractivity contribution < 1.29 is 28.3 Å². The molecule has 0 radical (unpaired) electrons. The van der Waals surface area contributed by atoms with Crippen LogP contribution in [0.15, 0.2) is 71.8 Å². The standard InChI is InChI=1S/C28H24ClFN4O7.C2H6/c1-39-20-8-4-17(5-9-20)14-32(15-18-6-10-21(40-2)11-7-18)26-24(28(36)41-3)27(35)33(16-31-26)25-22(29)12-19(30)13-23(25)34(37)38;1-2/h4-13,16H,14-15H2,1-3H3;1-2H3. The quantitative estimate of drug-likeness (QED) is 0.121. The van der Waals surface area contributed by atoms with Crippen LogP contribution in [0.3, 0.4) is 0 Å². The van der Waals surface area contributed by atoms with Crippen molar-refractivity contribution in [1.82, 2.24) is 9.55 Å². The van der Waals surface area contributed by atoms with Gasteiger partial charge >= 0.3 is 5.97 Å². The molecule has 13 heteroatoms. The van der Waals surface area contributed by atoms with E-state index in [1.165, 1.54) is 0 Å². The number of rotatable bonds is 10. The lowest BCUT2D eigenvalue weighted by atomic mass is 10.1. The Morgan fingerprint density at radius 2 is 1.49 bits per heavy atom. The molecule has 0 saturated heterocycles. The molecular formula is C30H30ClFN4O7. The summed E-state index contributed by atoms with van der Waals surface area (Å²) in [7, 11) is 4.18. The molecule has 1 aromatic heterocycles. The summed E-state index contributed by atoms with van der Waals surface area (Å²) >= 11 is 6.14. The van der Waals surface area contributed by atoms with Gasteiger partial charge in [-0.05, 0) is 41.5 Å². The van der Waals surface area contributed by atoms with Gasteiger partial charge in [-0.2, -0.15) is 0 Å². The van der Waals surface area contributed by atoms with E-state index in [1.807, 2.05) is 38.1 Å². The number of nitrogens with zero attached hydrogens (tertiary/aromatic N) is 4. The largest absolute Gasteiger partial charge is 0.497 e. The Morgan fingerprint density at radius 1 is 0.977 bits per heavy atom. The van der Waals surface area contributed by atoms with Crippen LogP contribution in [0, 0.1) is 15.9 Å². The lowest BCUT2D eigenvalue weighted by Crippen LogP contribution is -2.33. The number of hydrogen-bond acceptors (Lipinski definition) is 9. The number of ether oxygens (including phenoxy) is 3. The van der Waals surface area contributed by atoms with Gasteiger partial charge in [-0.25, -0.2) is 14.2 Å². The van der Waals surface area contributed by atoms with Gasteiger partial charge in [0, 0.05) is 13.1 Å². The van der Waals surface area contributed by atoms with Crippen LogP contribution >= 0.6 is 11.6 Å². The number of aromatic nitrogens is 2. The molecule has 0 atom stereocenters. The van der Waals surface area contributed by atoms with Gasteiger partial charge in [-0.3, -0.25) is 19.5 Å². The fourth-order valence-electron chi connectivity index (χ4n) is 4.16. The molecule has 43 heavy (non-hydrogen) atoms. The Bertz CT molecular complexity index is 1600. The summed E-state index contributed by atoms with van der Waals surface area (Å²) in [6, 6.07) is 15.8. The van der Waals surface area contributed by atoms with E-state index >= 15 is 0 Å². The third kappa shape index (κ3) is 7.46.